The topological polar surface area (TPSA) is 49.6 Å². The Labute approximate surface area is 193 Å². The number of aromatic nitrogens is 4. The lowest BCUT2D eigenvalue weighted by Gasteiger charge is -2.37. The van der Waals surface area contributed by atoms with Crippen LogP contribution in [0, 0.1) is 12.7 Å². The number of benzene rings is 2. The second-order valence-electron chi connectivity index (χ2n) is 8.32. The van der Waals surface area contributed by atoms with Gasteiger partial charge in [-0.2, -0.15) is 22.7 Å². The van der Waals surface area contributed by atoms with Gasteiger partial charge < -0.3 is 9.80 Å². The van der Waals surface area contributed by atoms with Crippen molar-refractivity contribution in [1.29, 1.82) is 0 Å². The molecule has 10 heteroatoms. The molecule has 1 aliphatic rings. The number of halogens is 4. The largest absolute Gasteiger partial charge is 0.416 e. The number of hydrogen-bond donors (Lipinski definition) is 0. The normalized spacial score (nSPS) is 14.7. The van der Waals surface area contributed by atoms with E-state index >= 15 is 0 Å². The summed E-state index contributed by atoms with van der Waals surface area (Å²) in [5.41, 5.74) is 1.47. The third-order valence-electron chi connectivity index (χ3n) is 5.86. The van der Waals surface area contributed by atoms with E-state index in [1.165, 1.54) is 24.3 Å². The third-order valence-corrected chi connectivity index (χ3v) is 5.86. The maximum absolute atomic E-state index is 13.5. The number of rotatable bonds is 4. The van der Waals surface area contributed by atoms with Gasteiger partial charge in [0, 0.05) is 50.0 Å². The summed E-state index contributed by atoms with van der Waals surface area (Å²) in [6.07, 6.45) is -3.99. The van der Waals surface area contributed by atoms with Crippen molar-refractivity contribution in [3.63, 3.8) is 0 Å². The molecule has 1 aliphatic heterocycles. The minimum Gasteiger partial charge on any atom is -0.368 e. The fraction of sp³-hybridized carbons (Fsp3) is 0.292. The summed E-state index contributed by atoms with van der Waals surface area (Å²) in [7, 11) is 0. The van der Waals surface area contributed by atoms with Crippen molar-refractivity contribution < 1.29 is 17.6 Å². The minimum atomic E-state index is -4.37. The van der Waals surface area contributed by atoms with Crippen LogP contribution in [0.5, 0.6) is 0 Å². The molecule has 0 spiro atoms. The zero-order chi connectivity index (χ0) is 23.9. The van der Waals surface area contributed by atoms with Gasteiger partial charge in [-0.15, -0.1) is 5.10 Å². The summed E-state index contributed by atoms with van der Waals surface area (Å²) in [6.45, 7) is 4.22. The van der Waals surface area contributed by atoms with E-state index in [1.54, 1.807) is 16.6 Å². The summed E-state index contributed by atoms with van der Waals surface area (Å²) in [6, 6.07) is 13.7. The van der Waals surface area contributed by atoms with Crippen LogP contribution in [0.15, 0.2) is 54.6 Å². The molecular formula is C24H22F4N6. The van der Waals surface area contributed by atoms with Crippen LogP contribution in [-0.4, -0.2) is 45.8 Å². The van der Waals surface area contributed by atoms with Crippen LogP contribution in [0.25, 0.3) is 5.78 Å². The molecule has 0 atom stereocenters. The Kier molecular flexibility index (Phi) is 5.59. The van der Waals surface area contributed by atoms with E-state index < -0.39 is 11.7 Å². The molecule has 3 heterocycles. The molecule has 34 heavy (non-hydrogen) atoms. The van der Waals surface area contributed by atoms with Crippen molar-refractivity contribution >= 4 is 17.3 Å². The number of alkyl halides is 3. The van der Waals surface area contributed by atoms with Gasteiger partial charge >= 0.3 is 6.18 Å². The first kappa shape index (κ1) is 22.1. The molecule has 0 bridgehead atoms. The Morgan fingerprint density at radius 3 is 2.35 bits per heavy atom. The molecule has 0 radical (unpaired) electrons. The van der Waals surface area contributed by atoms with Gasteiger partial charge in [-0.25, -0.2) is 9.37 Å². The lowest BCUT2D eigenvalue weighted by atomic mass is 10.1. The van der Waals surface area contributed by atoms with Crippen LogP contribution in [0.4, 0.5) is 29.1 Å². The highest BCUT2D eigenvalue weighted by atomic mass is 19.4. The van der Waals surface area contributed by atoms with Crippen molar-refractivity contribution in [2.75, 3.05) is 36.0 Å². The minimum absolute atomic E-state index is 0.311. The third kappa shape index (κ3) is 4.52. The average Bonchev–Trinajstić information content (AvgIpc) is 3.20. The summed E-state index contributed by atoms with van der Waals surface area (Å²) >= 11 is 0. The first-order chi connectivity index (χ1) is 16.3. The number of fused-ring (bicyclic) bond motifs is 1. The lowest BCUT2D eigenvalue weighted by molar-refractivity contribution is -0.137. The smallest absolute Gasteiger partial charge is 0.368 e. The summed E-state index contributed by atoms with van der Waals surface area (Å²) < 4.78 is 54.5. The van der Waals surface area contributed by atoms with Gasteiger partial charge in [-0.3, -0.25) is 0 Å². The lowest BCUT2D eigenvalue weighted by Crippen LogP contribution is -2.47. The summed E-state index contributed by atoms with van der Waals surface area (Å²) in [5, 5.41) is 4.61. The molecule has 2 aromatic carbocycles. The van der Waals surface area contributed by atoms with Crippen LogP contribution in [-0.2, 0) is 12.6 Å². The Hall–Kier alpha value is -3.69. The van der Waals surface area contributed by atoms with E-state index in [4.69, 9.17) is 0 Å². The van der Waals surface area contributed by atoms with Gasteiger partial charge in [-0.05, 0) is 42.8 Å². The number of nitrogens with zero attached hydrogens (tertiary/aromatic N) is 6. The van der Waals surface area contributed by atoms with E-state index in [0.717, 1.165) is 23.1 Å². The molecule has 0 N–H and O–H groups in total. The van der Waals surface area contributed by atoms with E-state index in [-0.39, 0.29) is 5.82 Å². The first-order valence-corrected chi connectivity index (χ1v) is 10.9. The molecule has 4 aromatic rings. The van der Waals surface area contributed by atoms with Crippen molar-refractivity contribution in [2.45, 2.75) is 19.5 Å². The van der Waals surface area contributed by atoms with E-state index in [9.17, 15) is 17.6 Å². The van der Waals surface area contributed by atoms with E-state index in [0.29, 0.717) is 49.9 Å². The molecule has 0 saturated carbocycles. The monoisotopic (exact) mass is 470 g/mol. The number of anilines is 2. The Balaban J connectivity index is 1.36. The summed E-state index contributed by atoms with van der Waals surface area (Å²) in [5.74, 6) is 1.51. The average molecular weight is 470 g/mol. The number of piperazine rings is 1. The Morgan fingerprint density at radius 1 is 0.882 bits per heavy atom. The maximum atomic E-state index is 13.5. The van der Waals surface area contributed by atoms with Crippen molar-refractivity contribution in [3.05, 3.63) is 83.1 Å². The molecule has 2 aromatic heterocycles. The van der Waals surface area contributed by atoms with E-state index in [1.807, 2.05) is 24.0 Å². The van der Waals surface area contributed by atoms with Gasteiger partial charge in [0.25, 0.3) is 5.78 Å². The summed E-state index contributed by atoms with van der Waals surface area (Å²) in [4.78, 5) is 13.1. The fourth-order valence-corrected chi connectivity index (χ4v) is 4.21. The highest BCUT2D eigenvalue weighted by molar-refractivity contribution is 5.53. The quantitative estimate of drug-likeness (QED) is 0.411. The molecule has 0 amide bonds. The molecule has 0 aliphatic carbocycles. The van der Waals surface area contributed by atoms with Gasteiger partial charge in [0.05, 0.1) is 5.56 Å². The van der Waals surface area contributed by atoms with Gasteiger partial charge in [0.1, 0.15) is 11.6 Å². The second-order valence-corrected chi connectivity index (χ2v) is 8.32. The number of aryl methyl sites for hydroxylation is 1. The van der Waals surface area contributed by atoms with Crippen molar-refractivity contribution in [3.8, 4) is 0 Å². The SMILES string of the molecule is Cc1cc(N2CCN(c3cccc(C(F)(F)F)c3)CC2)n2nc(Cc3cccc(F)c3)nc2n1. The van der Waals surface area contributed by atoms with E-state index in [2.05, 4.69) is 20.0 Å². The molecule has 1 fully saturated rings. The predicted octanol–water partition coefficient (Wildman–Crippen LogP) is 4.51. The van der Waals surface area contributed by atoms with Crippen LogP contribution in [0.2, 0.25) is 0 Å². The van der Waals surface area contributed by atoms with Crippen LogP contribution in [0.1, 0.15) is 22.6 Å². The molecule has 5 rings (SSSR count). The highest BCUT2D eigenvalue weighted by Gasteiger charge is 2.31. The zero-order valence-electron chi connectivity index (χ0n) is 18.4. The molecule has 1 saturated heterocycles. The van der Waals surface area contributed by atoms with Crippen LogP contribution >= 0.6 is 0 Å². The molecule has 176 valence electrons. The first-order valence-electron chi connectivity index (χ1n) is 10.9. The zero-order valence-corrected chi connectivity index (χ0v) is 18.4. The van der Waals surface area contributed by atoms with Crippen LogP contribution < -0.4 is 9.80 Å². The standard InChI is InChI=1S/C24H22F4N6/c1-16-12-22(34-23(29-16)30-21(31-34)14-17-4-2-6-19(25)13-17)33-10-8-32(9-11-33)20-7-3-5-18(15-20)24(26,27)28/h2-7,12-13,15H,8-11,14H2,1H3. The predicted molar refractivity (Wildman–Crippen MR) is 121 cm³/mol. The van der Waals surface area contributed by atoms with Crippen molar-refractivity contribution in [2.24, 2.45) is 0 Å². The van der Waals surface area contributed by atoms with Gasteiger partial charge in [0.15, 0.2) is 5.82 Å². The molecule has 0 unspecified atom stereocenters. The number of hydrogen-bond acceptors (Lipinski definition) is 5. The second kappa shape index (κ2) is 8.58. The Bertz CT molecular complexity index is 1320. The van der Waals surface area contributed by atoms with Gasteiger partial charge in [0.2, 0.25) is 0 Å². The molecule has 6 nitrogen and oxygen atoms in total. The van der Waals surface area contributed by atoms with Crippen LogP contribution in [0.3, 0.4) is 0 Å². The molecular weight excluding hydrogens is 448 g/mol. The van der Waals surface area contributed by atoms with Gasteiger partial charge in [-0.1, -0.05) is 18.2 Å². The van der Waals surface area contributed by atoms with Crippen molar-refractivity contribution in [1.82, 2.24) is 19.6 Å². The fourth-order valence-electron chi connectivity index (χ4n) is 4.21. The Morgan fingerprint density at radius 2 is 1.62 bits per heavy atom. The highest BCUT2D eigenvalue weighted by Crippen LogP contribution is 2.32. The maximum Gasteiger partial charge on any atom is 0.416 e.